The zero-order valence-corrected chi connectivity index (χ0v) is 10.00. The molecule has 0 unspecified atom stereocenters. The summed E-state index contributed by atoms with van der Waals surface area (Å²) in [5.41, 5.74) is 1.62. The Bertz CT molecular complexity index is 486. The van der Waals surface area contributed by atoms with E-state index in [1.54, 1.807) is 18.2 Å². The van der Waals surface area contributed by atoms with Crippen LogP contribution in [0.25, 0.3) is 12.2 Å². The van der Waals surface area contributed by atoms with Crippen LogP contribution in [0.15, 0.2) is 36.4 Å². The van der Waals surface area contributed by atoms with Gasteiger partial charge in [-0.2, -0.15) is 0 Å². The van der Waals surface area contributed by atoms with Crippen molar-refractivity contribution >= 4 is 24.1 Å². The van der Waals surface area contributed by atoms with E-state index in [0.717, 1.165) is 17.2 Å². The SMILES string of the molecule is COC(=O)CC=Cc1ccccc1/C=C/C(=O)O. The fraction of sp³-hybridized carbons (Fsp3) is 0.143. The number of aliphatic carboxylic acids is 1. The summed E-state index contributed by atoms with van der Waals surface area (Å²) in [6.07, 6.45) is 6.22. The first-order valence-electron chi connectivity index (χ1n) is 5.37. The topological polar surface area (TPSA) is 63.6 Å². The molecule has 0 aliphatic rings. The van der Waals surface area contributed by atoms with Crippen LogP contribution in [0.5, 0.6) is 0 Å². The first-order valence-corrected chi connectivity index (χ1v) is 5.37. The monoisotopic (exact) mass is 246 g/mol. The Morgan fingerprint density at radius 1 is 1.22 bits per heavy atom. The van der Waals surface area contributed by atoms with Gasteiger partial charge in [0.15, 0.2) is 0 Å². The zero-order valence-electron chi connectivity index (χ0n) is 10.00. The van der Waals surface area contributed by atoms with Crippen LogP contribution in [0.4, 0.5) is 0 Å². The lowest BCUT2D eigenvalue weighted by atomic mass is 10.1. The van der Waals surface area contributed by atoms with Gasteiger partial charge < -0.3 is 9.84 Å². The Balaban J connectivity index is 2.82. The minimum atomic E-state index is -0.997. The molecule has 1 aromatic rings. The van der Waals surface area contributed by atoms with Crippen molar-refractivity contribution in [1.29, 1.82) is 0 Å². The number of carbonyl (C=O) groups excluding carboxylic acids is 1. The molecule has 18 heavy (non-hydrogen) atoms. The third kappa shape index (κ3) is 4.65. The molecule has 0 aliphatic carbocycles. The molecule has 1 rings (SSSR count). The number of ether oxygens (including phenoxy) is 1. The number of carboxylic acids is 1. The Hall–Kier alpha value is -2.36. The summed E-state index contributed by atoms with van der Waals surface area (Å²) in [6, 6.07) is 7.31. The maximum absolute atomic E-state index is 10.9. The summed E-state index contributed by atoms with van der Waals surface area (Å²) in [7, 11) is 1.33. The number of benzene rings is 1. The number of esters is 1. The van der Waals surface area contributed by atoms with Gasteiger partial charge in [-0.15, -0.1) is 0 Å². The molecule has 0 saturated heterocycles. The first kappa shape index (κ1) is 13.7. The van der Waals surface area contributed by atoms with Gasteiger partial charge in [0.25, 0.3) is 0 Å². The van der Waals surface area contributed by atoms with Crippen molar-refractivity contribution in [2.45, 2.75) is 6.42 Å². The van der Waals surface area contributed by atoms with Crippen molar-refractivity contribution in [3.63, 3.8) is 0 Å². The fourth-order valence-electron chi connectivity index (χ4n) is 1.34. The molecule has 0 saturated carbocycles. The number of hydrogen-bond donors (Lipinski definition) is 1. The van der Waals surface area contributed by atoms with Crippen LogP contribution in [-0.2, 0) is 14.3 Å². The van der Waals surface area contributed by atoms with Crippen LogP contribution < -0.4 is 0 Å². The van der Waals surface area contributed by atoms with Gasteiger partial charge in [-0.1, -0.05) is 36.4 Å². The Morgan fingerprint density at radius 3 is 2.39 bits per heavy atom. The molecule has 0 spiro atoms. The Labute approximate surface area is 105 Å². The number of carboxylic acid groups (broad SMARTS) is 1. The van der Waals surface area contributed by atoms with E-state index in [9.17, 15) is 9.59 Å². The summed E-state index contributed by atoms with van der Waals surface area (Å²) < 4.78 is 4.52. The summed E-state index contributed by atoms with van der Waals surface area (Å²) in [5.74, 6) is -1.31. The van der Waals surface area contributed by atoms with Gasteiger partial charge in [0.05, 0.1) is 13.5 Å². The summed E-state index contributed by atoms with van der Waals surface area (Å²) in [6.45, 7) is 0. The molecule has 0 aliphatic heterocycles. The van der Waals surface area contributed by atoms with E-state index >= 15 is 0 Å². The van der Waals surface area contributed by atoms with Crippen molar-refractivity contribution in [2.24, 2.45) is 0 Å². The van der Waals surface area contributed by atoms with E-state index in [1.807, 2.05) is 18.2 Å². The lowest BCUT2D eigenvalue weighted by molar-refractivity contribution is -0.139. The van der Waals surface area contributed by atoms with Gasteiger partial charge in [-0.25, -0.2) is 4.79 Å². The van der Waals surface area contributed by atoms with Crippen molar-refractivity contribution in [3.05, 3.63) is 47.5 Å². The van der Waals surface area contributed by atoms with Gasteiger partial charge in [0.1, 0.15) is 0 Å². The molecule has 0 amide bonds. The van der Waals surface area contributed by atoms with E-state index < -0.39 is 5.97 Å². The third-order valence-electron chi connectivity index (χ3n) is 2.21. The second kappa shape index (κ2) is 7.06. The highest BCUT2D eigenvalue weighted by Gasteiger charge is 1.97. The molecule has 0 bridgehead atoms. The van der Waals surface area contributed by atoms with Crippen LogP contribution in [0.3, 0.4) is 0 Å². The van der Waals surface area contributed by atoms with E-state index in [4.69, 9.17) is 5.11 Å². The maximum Gasteiger partial charge on any atom is 0.328 e. The van der Waals surface area contributed by atoms with Crippen molar-refractivity contribution < 1.29 is 19.4 Å². The van der Waals surface area contributed by atoms with Gasteiger partial charge in [0.2, 0.25) is 0 Å². The minimum Gasteiger partial charge on any atom is -0.478 e. The van der Waals surface area contributed by atoms with Gasteiger partial charge in [0, 0.05) is 6.08 Å². The molecule has 0 radical (unpaired) electrons. The predicted octanol–water partition coefficient (Wildman–Crippen LogP) is 2.36. The van der Waals surface area contributed by atoms with Crippen molar-refractivity contribution in [3.8, 4) is 0 Å². The summed E-state index contributed by atoms with van der Waals surface area (Å²) in [5, 5.41) is 8.58. The van der Waals surface area contributed by atoms with Crippen LogP contribution in [0.2, 0.25) is 0 Å². The van der Waals surface area contributed by atoms with Gasteiger partial charge in [-0.05, 0) is 17.2 Å². The molecule has 0 aromatic heterocycles. The quantitative estimate of drug-likeness (QED) is 0.640. The predicted molar refractivity (Wildman–Crippen MR) is 68.8 cm³/mol. The largest absolute Gasteiger partial charge is 0.478 e. The van der Waals surface area contributed by atoms with E-state index in [2.05, 4.69) is 4.74 Å². The lowest BCUT2D eigenvalue weighted by Crippen LogP contribution is -1.96. The van der Waals surface area contributed by atoms with Crippen molar-refractivity contribution in [1.82, 2.24) is 0 Å². The highest BCUT2D eigenvalue weighted by molar-refractivity contribution is 5.86. The normalized spacial score (nSPS) is 10.9. The molecule has 1 aromatic carbocycles. The molecule has 0 atom stereocenters. The average molecular weight is 246 g/mol. The van der Waals surface area contributed by atoms with Crippen LogP contribution in [0.1, 0.15) is 17.5 Å². The second-order valence-electron chi connectivity index (χ2n) is 3.48. The van der Waals surface area contributed by atoms with E-state index in [1.165, 1.54) is 13.2 Å². The molecule has 4 heteroatoms. The first-order chi connectivity index (χ1) is 8.63. The number of hydrogen-bond acceptors (Lipinski definition) is 3. The highest BCUT2D eigenvalue weighted by atomic mass is 16.5. The fourth-order valence-corrected chi connectivity index (χ4v) is 1.34. The molecular weight excluding hydrogens is 232 g/mol. The van der Waals surface area contributed by atoms with E-state index in [0.29, 0.717) is 0 Å². The molecular formula is C14H14O4. The smallest absolute Gasteiger partial charge is 0.328 e. The Kier molecular flexibility index (Phi) is 5.38. The number of methoxy groups -OCH3 is 1. The van der Waals surface area contributed by atoms with Crippen LogP contribution in [0, 0.1) is 0 Å². The third-order valence-corrected chi connectivity index (χ3v) is 2.21. The Morgan fingerprint density at radius 2 is 1.83 bits per heavy atom. The average Bonchev–Trinajstić information content (AvgIpc) is 2.37. The molecule has 1 N–H and O–H groups in total. The van der Waals surface area contributed by atoms with Crippen LogP contribution >= 0.6 is 0 Å². The lowest BCUT2D eigenvalue weighted by Gasteiger charge is -1.99. The van der Waals surface area contributed by atoms with Crippen LogP contribution in [-0.4, -0.2) is 24.2 Å². The molecule has 0 fully saturated rings. The standard InChI is InChI=1S/C14H14O4/c1-18-14(17)8-4-7-11-5-2-3-6-12(11)9-10-13(15)16/h2-7,9-10H,8H2,1H3,(H,15,16)/b7-4?,10-9+. The minimum absolute atomic E-state index is 0.188. The zero-order chi connectivity index (χ0) is 13.4. The van der Waals surface area contributed by atoms with E-state index in [-0.39, 0.29) is 12.4 Å². The second-order valence-corrected chi connectivity index (χ2v) is 3.48. The number of rotatable bonds is 5. The highest BCUT2D eigenvalue weighted by Crippen LogP contribution is 2.13. The summed E-state index contributed by atoms with van der Waals surface area (Å²) in [4.78, 5) is 21.4. The molecule has 4 nitrogen and oxygen atoms in total. The maximum atomic E-state index is 10.9. The molecule has 94 valence electrons. The number of carbonyl (C=O) groups is 2. The van der Waals surface area contributed by atoms with Crippen molar-refractivity contribution in [2.75, 3.05) is 7.11 Å². The van der Waals surface area contributed by atoms with Gasteiger partial charge >= 0.3 is 11.9 Å². The van der Waals surface area contributed by atoms with Gasteiger partial charge in [-0.3, -0.25) is 4.79 Å². The molecule has 0 heterocycles. The summed E-state index contributed by atoms with van der Waals surface area (Å²) >= 11 is 0.